The Hall–Kier alpha value is -5.99. The van der Waals surface area contributed by atoms with Gasteiger partial charge in [0.25, 0.3) is 0 Å². The Morgan fingerprint density at radius 3 is 2.04 bits per heavy atom. The number of carbonyl (C=O) groups is 2. The molecule has 1 unspecified atom stereocenters. The van der Waals surface area contributed by atoms with E-state index in [2.05, 4.69) is 15.3 Å². The first-order valence-electron chi connectivity index (χ1n) is 14.5. The third kappa shape index (κ3) is 6.74. The second kappa shape index (κ2) is 13.4. The fourth-order valence-electron chi connectivity index (χ4n) is 5.14. The molecule has 0 saturated heterocycles. The van der Waals surface area contributed by atoms with Crippen molar-refractivity contribution in [3.05, 3.63) is 144 Å². The number of para-hydroxylation sites is 1. The lowest BCUT2D eigenvalue weighted by Crippen LogP contribution is -2.20. The molecule has 0 spiro atoms. The number of anilines is 1. The highest BCUT2D eigenvalue weighted by Gasteiger charge is 2.37. The van der Waals surface area contributed by atoms with Gasteiger partial charge in [-0.2, -0.15) is 18.4 Å². The van der Waals surface area contributed by atoms with Crippen molar-refractivity contribution in [2.75, 3.05) is 5.32 Å². The highest BCUT2D eigenvalue weighted by atomic mass is 32.2. The molecule has 236 valence electrons. The van der Waals surface area contributed by atoms with Crippen molar-refractivity contribution >= 4 is 40.2 Å². The molecule has 7 nitrogen and oxygen atoms in total. The summed E-state index contributed by atoms with van der Waals surface area (Å²) in [6.07, 6.45) is -4.84. The summed E-state index contributed by atoms with van der Waals surface area (Å²) >= 11 is 0.754. The molecule has 4 aromatic carbocycles. The van der Waals surface area contributed by atoms with Crippen LogP contribution in [0.15, 0.2) is 126 Å². The van der Waals surface area contributed by atoms with Crippen LogP contribution in [-0.4, -0.2) is 27.0 Å². The number of hydrogen-bond donors (Lipinski definition) is 2. The largest absolute Gasteiger partial charge is 0.478 e. The molecule has 48 heavy (non-hydrogen) atoms. The van der Waals surface area contributed by atoms with Crippen LogP contribution in [0, 0.1) is 11.3 Å². The van der Waals surface area contributed by atoms with Crippen LogP contribution >= 0.6 is 11.8 Å². The van der Waals surface area contributed by atoms with E-state index >= 15 is 0 Å². The number of amides is 1. The zero-order valence-electron chi connectivity index (χ0n) is 24.8. The summed E-state index contributed by atoms with van der Waals surface area (Å²) in [4.78, 5) is 34.8. The third-order valence-corrected chi connectivity index (χ3v) is 8.68. The molecule has 2 aromatic heterocycles. The van der Waals surface area contributed by atoms with Crippen LogP contribution in [0.5, 0.6) is 0 Å². The lowest BCUT2D eigenvalue weighted by molar-refractivity contribution is -0.138. The van der Waals surface area contributed by atoms with Crippen LogP contribution in [0.3, 0.4) is 0 Å². The van der Waals surface area contributed by atoms with Gasteiger partial charge in [0, 0.05) is 22.2 Å². The highest BCUT2D eigenvalue weighted by Crippen LogP contribution is 2.42. The number of pyridine rings is 2. The predicted molar refractivity (Wildman–Crippen MR) is 177 cm³/mol. The Balaban J connectivity index is 1.34. The van der Waals surface area contributed by atoms with Crippen molar-refractivity contribution in [2.45, 2.75) is 16.5 Å². The first-order valence-corrected chi connectivity index (χ1v) is 15.3. The Kier molecular flexibility index (Phi) is 8.92. The quantitative estimate of drug-likeness (QED) is 0.157. The molecule has 0 aliphatic rings. The average molecular weight is 661 g/mol. The minimum absolute atomic E-state index is 0.0144. The van der Waals surface area contributed by atoms with Crippen LogP contribution in [-0.2, 0) is 11.0 Å². The molecule has 0 bridgehead atoms. The number of nitrogens with zero attached hydrogens (tertiary/aromatic N) is 3. The molecular weight excluding hydrogens is 637 g/mol. The minimum atomic E-state index is -4.84. The molecule has 0 aliphatic carbocycles. The van der Waals surface area contributed by atoms with E-state index in [9.17, 15) is 33.1 Å². The number of thioether (sulfide) groups is 1. The van der Waals surface area contributed by atoms with Gasteiger partial charge in [-0.15, -0.1) is 0 Å². The topological polar surface area (TPSA) is 116 Å². The van der Waals surface area contributed by atoms with E-state index in [-0.39, 0.29) is 16.3 Å². The average Bonchev–Trinajstić information content (AvgIpc) is 3.10. The number of carbonyl (C=O) groups excluding carboxylic acids is 1. The maximum Gasteiger partial charge on any atom is 0.417 e. The van der Waals surface area contributed by atoms with Crippen LogP contribution < -0.4 is 5.32 Å². The highest BCUT2D eigenvalue weighted by molar-refractivity contribution is 8.00. The molecule has 0 saturated carbocycles. The number of halogens is 3. The first-order chi connectivity index (χ1) is 23.1. The summed E-state index contributed by atoms with van der Waals surface area (Å²) in [7, 11) is 0. The van der Waals surface area contributed by atoms with Crippen molar-refractivity contribution in [1.29, 1.82) is 5.26 Å². The number of aromatic nitrogens is 2. The number of nitrogens with one attached hydrogen (secondary N) is 1. The van der Waals surface area contributed by atoms with Gasteiger partial charge in [0.1, 0.15) is 16.3 Å². The lowest BCUT2D eigenvalue weighted by Gasteiger charge is -2.19. The predicted octanol–water partition coefficient (Wildman–Crippen LogP) is 9.02. The standard InChI is InChI=1S/C37H23F3N4O3S/c38-37(39,40)29-20-32(22-9-3-1-4-10-22)44-35(28(29)21-41)48-33(24-11-5-2-6-12-24)34(45)42-25-17-15-23(16-18-25)31-19-27(36(46)47)26-13-7-8-14-30(26)43-31/h1-20,33H,(H,42,45)(H,46,47). The maximum atomic E-state index is 14.2. The molecule has 11 heteroatoms. The number of hydrogen-bond acceptors (Lipinski definition) is 6. The van der Waals surface area contributed by atoms with Crippen molar-refractivity contribution < 1.29 is 27.9 Å². The van der Waals surface area contributed by atoms with Gasteiger partial charge >= 0.3 is 12.1 Å². The molecule has 0 fully saturated rings. The Morgan fingerprint density at radius 2 is 1.40 bits per heavy atom. The van der Waals surface area contributed by atoms with Crippen LogP contribution in [0.4, 0.5) is 18.9 Å². The Bertz CT molecular complexity index is 2190. The molecule has 2 N–H and O–H groups in total. The van der Waals surface area contributed by atoms with Gasteiger partial charge in [-0.05, 0) is 35.9 Å². The molecule has 1 amide bonds. The number of fused-ring (bicyclic) bond motifs is 1. The number of rotatable bonds is 8. The number of aromatic carboxylic acids is 1. The van der Waals surface area contributed by atoms with Gasteiger partial charge in [-0.3, -0.25) is 4.79 Å². The molecule has 0 aliphatic heterocycles. The van der Waals surface area contributed by atoms with Crippen LogP contribution in [0.1, 0.15) is 32.3 Å². The fourth-order valence-corrected chi connectivity index (χ4v) is 6.25. The minimum Gasteiger partial charge on any atom is -0.478 e. The SMILES string of the molecule is N#Cc1c(C(F)(F)F)cc(-c2ccccc2)nc1SC(C(=O)Nc1ccc(-c2cc(C(=O)O)c3ccccc3n2)cc1)c1ccccc1. The fraction of sp³-hybridized carbons (Fsp3) is 0.0541. The van der Waals surface area contributed by atoms with E-state index in [1.54, 1.807) is 115 Å². The first kappa shape index (κ1) is 32.0. The molecule has 2 heterocycles. The number of alkyl halides is 3. The van der Waals surface area contributed by atoms with E-state index < -0.39 is 34.4 Å². The lowest BCUT2D eigenvalue weighted by atomic mass is 10.0. The van der Waals surface area contributed by atoms with Gasteiger partial charge in [-0.1, -0.05) is 103 Å². The number of carboxylic acid groups (broad SMARTS) is 1. The van der Waals surface area contributed by atoms with Crippen molar-refractivity contribution in [2.24, 2.45) is 0 Å². The zero-order chi connectivity index (χ0) is 33.8. The third-order valence-electron chi connectivity index (χ3n) is 7.44. The summed E-state index contributed by atoms with van der Waals surface area (Å²) in [5, 5.41) is 21.6. The van der Waals surface area contributed by atoms with E-state index in [0.717, 1.165) is 17.8 Å². The zero-order valence-corrected chi connectivity index (χ0v) is 25.6. The number of carboxylic acids is 1. The van der Waals surface area contributed by atoms with Gasteiger partial charge in [-0.25, -0.2) is 14.8 Å². The second-order valence-corrected chi connectivity index (χ2v) is 11.7. The summed E-state index contributed by atoms with van der Waals surface area (Å²) in [6.45, 7) is 0. The summed E-state index contributed by atoms with van der Waals surface area (Å²) < 4.78 is 42.6. The molecular formula is C37H23F3N4O3S. The number of benzene rings is 4. The molecule has 6 aromatic rings. The van der Waals surface area contributed by atoms with Gasteiger partial charge < -0.3 is 10.4 Å². The van der Waals surface area contributed by atoms with Crippen molar-refractivity contribution in [3.8, 4) is 28.6 Å². The summed E-state index contributed by atoms with van der Waals surface area (Å²) in [5.41, 5.74) is 1.15. The van der Waals surface area contributed by atoms with E-state index in [1.807, 2.05) is 0 Å². The smallest absolute Gasteiger partial charge is 0.417 e. The second-order valence-electron chi connectivity index (χ2n) is 10.6. The molecule has 0 radical (unpaired) electrons. The Labute approximate surface area is 276 Å². The summed E-state index contributed by atoms with van der Waals surface area (Å²) in [6, 6.07) is 34.3. The van der Waals surface area contributed by atoms with Crippen molar-refractivity contribution in [1.82, 2.24) is 9.97 Å². The summed E-state index contributed by atoms with van der Waals surface area (Å²) in [5.74, 6) is -1.64. The monoisotopic (exact) mass is 660 g/mol. The van der Waals surface area contributed by atoms with Gasteiger partial charge in [0.2, 0.25) is 5.91 Å². The normalized spacial score (nSPS) is 11.9. The van der Waals surface area contributed by atoms with E-state index in [0.29, 0.717) is 39.0 Å². The van der Waals surface area contributed by atoms with Crippen LogP contribution in [0.25, 0.3) is 33.4 Å². The van der Waals surface area contributed by atoms with Gasteiger partial charge in [0.15, 0.2) is 0 Å². The van der Waals surface area contributed by atoms with E-state index in [4.69, 9.17) is 0 Å². The molecule has 1 atom stereocenters. The number of nitriles is 1. The Morgan fingerprint density at radius 1 is 0.792 bits per heavy atom. The van der Waals surface area contributed by atoms with Crippen LogP contribution in [0.2, 0.25) is 0 Å². The van der Waals surface area contributed by atoms with Crippen molar-refractivity contribution in [3.63, 3.8) is 0 Å². The maximum absolute atomic E-state index is 14.2. The van der Waals surface area contributed by atoms with Gasteiger partial charge in [0.05, 0.1) is 33.6 Å². The molecule has 6 rings (SSSR count). The van der Waals surface area contributed by atoms with E-state index in [1.165, 1.54) is 6.07 Å².